The zero-order chi connectivity index (χ0) is 14.4. The first kappa shape index (κ1) is 14.2. The van der Waals surface area contributed by atoms with Crippen LogP contribution < -0.4 is 5.73 Å². The number of fused-ring (bicyclic) bond motifs is 2. The molecule has 2 N–H and O–H groups in total. The fraction of sp³-hybridized carbons (Fsp3) is 0.765. The minimum Gasteiger partial charge on any atom is -0.329 e. The van der Waals surface area contributed by atoms with Crippen LogP contribution in [0.1, 0.15) is 49.1 Å². The number of hydrogen-bond donors (Lipinski definition) is 1. The molecule has 0 amide bonds. The molecule has 0 radical (unpaired) electrons. The third kappa shape index (κ3) is 2.19. The van der Waals surface area contributed by atoms with Gasteiger partial charge >= 0.3 is 0 Å². The van der Waals surface area contributed by atoms with E-state index in [0.29, 0.717) is 6.04 Å². The first-order valence-corrected chi connectivity index (χ1v) is 9.39. The molecule has 1 aromatic rings. The van der Waals surface area contributed by atoms with Gasteiger partial charge < -0.3 is 10.6 Å². The van der Waals surface area contributed by atoms with Crippen molar-refractivity contribution in [2.45, 2.75) is 56.7 Å². The number of nitrogens with zero attached hydrogens (tertiary/aromatic N) is 2. The Labute approximate surface area is 132 Å². The predicted octanol–water partition coefficient (Wildman–Crippen LogP) is 2.62. The van der Waals surface area contributed by atoms with E-state index in [1.807, 2.05) is 11.3 Å². The average Bonchev–Trinajstić information content (AvgIpc) is 3.15. The van der Waals surface area contributed by atoms with Crippen molar-refractivity contribution in [3.8, 4) is 0 Å². The highest BCUT2D eigenvalue weighted by molar-refractivity contribution is 7.10. The van der Waals surface area contributed by atoms with Crippen LogP contribution >= 0.6 is 11.3 Å². The van der Waals surface area contributed by atoms with Crippen LogP contribution in [0.2, 0.25) is 0 Å². The molecule has 3 aliphatic rings. The van der Waals surface area contributed by atoms with Gasteiger partial charge in [-0.3, -0.25) is 4.90 Å². The molecule has 3 atom stereocenters. The molecule has 0 spiro atoms. The summed E-state index contributed by atoms with van der Waals surface area (Å²) in [7, 11) is 0. The third-order valence-corrected chi connectivity index (χ3v) is 7.24. The summed E-state index contributed by atoms with van der Waals surface area (Å²) >= 11 is 1.93. The Balaban J connectivity index is 1.61. The van der Waals surface area contributed by atoms with Crippen molar-refractivity contribution >= 4 is 11.3 Å². The van der Waals surface area contributed by atoms with Gasteiger partial charge in [-0.1, -0.05) is 0 Å². The van der Waals surface area contributed by atoms with Crippen molar-refractivity contribution in [1.29, 1.82) is 0 Å². The van der Waals surface area contributed by atoms with E-state index in [4.69, 9.17) is 5.73 Å². The van der Waals surface area contributed by atoms with Gasteiger partial charge in [0.25, 0.3) is 0 Å². The molecular weight excluding hydrogens is 278 g/mol. The molecule has 0 aliphatic carbocycles. The van der Waals surface area contributed by atoms with E-state index in [9.17, 15) is 0 Å². The molecular formula is C17H27N3S. The Kier molecular flexibility index (Phi) is 3.61. The van der Waals surface area contributed by atoms with Crippen molar-refractivity contribution in [2.75, 3.05) is 26.2 Å². The quantitative estimate of drug-likeness (QED) is 0.911. The molecule has 4 rings (SSSR count). The van der Waals surface area contributed by atoms with Crippen molar-refractivity contribution in [1.82, 2.24) is 9.80 Å². The van der Waals surface area contributed by atoms with Crippen LogP contribution in [0.3, 0.4) is 0 Å². The Morgan fingerprint density at radius 1 is 1.38 bits per heavy atom. The molecule has 3 aliphatic heterocycles. The summed E-state index contributed by atoms with van der Waals surface area (Å²) in [6, 6.07) is 3.67. The van der Waals surface area contributed by atoms with Crippen LogP contribution in [0.5, 0.6) is 0 Å². The molecule has 1 aromatic heterocycles. The highest BCUT2D eigenvalue weighted by atomic mass is 32.1. The molecule has 0 aromatic carbocycles. The fourth-order valence-electron chi connectivity index (χ4n) is 5.03. The van der Waals surface area contributed by atoms with Crippen molar-refractivity contribution in [2.24, 2.45) is 5.73 Å². The second-order valence-electron chi connectivity index (χ2n) is 7.13. The smallest absolute Gasteiger partial charge is 0.0364 e. The Hall–Kier alpha value is -0.420. The second-order valence-corrected chi connectivity index (χ2v) is 8.13. The highest BCUT2D eigenvalue weighted by Gasteiger charge is 2.46. The third-order valence-electron chi connectivity index (χ3n) is 6.25. The van der Waals surface area contributed by atoms with Gasteiger partial charge in [0.1, 0.15) is 0 Å². The van der Waals surface area contributed by atoms with Crippen LogP contribution in [0, 0.1) is 0 Å². The van der Waals surface area contributed by atoms with E-state index < -0.39 is 0 Å². The normalized spacial score (nSPS) is 37.4. The maximum Gasteiger partial charge on any atom is 0.0364 e. The maximum atomic E-state index is 6.35. The summed E-state index contributed by atoms with van der Waals surface area (Å²) in [4.78, 5) is 7.07. The van der Waals surface area contributed by atoms with E-state index in [0.717, 1.165) is 12.6 Å². The summed E-state index contributed by atoms with van der Waals surface area (Å²) in [6.45, 7) is 6.97. The minimum atomic E-state index is 0.241. The molecule has 4 heterocycles. The first-order chi connectivity index (χ1) is 10.2. The zero-order valence-electron chi connectivity index (χ0n) is 13.1. The van der Waals surface area contributed by atoms with Gasteiger partial charge in [0, 0.05) is 42.1 Å². The molecule has 2 saturated heterocycles. The van der Waals surface area contributed by atoms with E-state index in [1.165, 1.54) is 51.7 Å². The van der Waals surface area contributed by atoms with Crippen molar-refractivity contribution in [3.63, 3.8) is 0 Å². The van der Waals surface area contributed by atoms with Crippen LogP contribution in [-0.4, -0.2) is 47.6 Å². The lowest BCUT2D eigenvalue weighted by Gasteiger charge is -2.53. The Bertz CT molecular complexity index is 514. The topological polar surface area (TPSA) is 32.5 Å². The number of piperidine rings is 1. The maximum absolute atomic E-state index is 6.35. The average molecular weight is 305 g/mol. The summed E-state index contributed by atoms with van der Waals surface area (Å²) < 4.78 is 0. The summed E-state index contributed by atoms with van der Waals surface area (Å²) in [5, 5.41) is 2.26. The van der Waals surface area contributed by atoms with Gasteiger partial charge in [0.05, 0.1) is 0 Å². The number of thiophene rings is 1. The van der Waals surface area contributed by atoms with Gasteiger partial charge in [-0.2, -0.15) is 0 Å². The lowest BCUT2D eigenvalue weighted by atomic mass is 9.79. The SMILES string of the molecule is CC1c2ccsc2CCN1C1(CN)CCN2CCCC2C1. The monoisotopic (exact) mass is 305 g/mol. The van der Waals surface area contributed by atoms with Gasteiger partial charge in [0.2, 0.25) is 0 Å². The number of rotatable bonds is 2. The van der Waals surface area contributed by atoms with Gasteiger partial charge in [-0.05, 0) is 62.6 Å². The highest BCUT2D eigenvalue weighted by Crippen LogP contribution is 2.43. The van der Waals surface area contributed by atoms with Gasteiger partial charge in [0.15, 0.2) is 0 Å². The summed E-state index contributed by atoms with van der Waals surface area (Å²) in [5.74, 6) is 0. The molecule has 0 saturated carbocycles. The Morgan fingerprint density at radius 2 is 2.29 bits per heavy atom. The fourth-order valence-corrected chi connectivity index (χ4v) is 6.00. The predicted molar refractivity (Wildman–Crippen MR) is 88.8 cm³/mol. The van der Waals surface area contributed by atoms with Crippen molar-refractivity contribution in [3.05, 3.63) is 21.9 Å². The van der Waals surface area contributed by atoms with E-state index in [1.54, 1.807) is 10.4 Å². The Morgan fingerprint density at radius 3 is 3.14 bits per heavy atom. The molecule has 3 unspecified atom stereocenters. The minimum absolute atomic E-state index is 0.241. The van der Waals surface area contributed by atoms with Crippen LogP contribution in [-0.2, 0) is 6.42 Å². The van der Waals surface area contributed by atoms with Crippen LogP contribution in [0.25, 0.3) is 0 Å². The second kappa shape index (κ2) is 5.34. The molecule has 2 fully saturated rings. The van der Waals surface area contributed by atoms with E-state index in [-0.39, 0.29) is 5.54 Å². The van der Waals surface area contributed by atoms with Gasteiger partial charge in [-0.15, -0.1) is 11.3 Å². The van der Waals surface area contributed by atoms with Crippen LogP contribution in [0.15, 0.2) is 11.4 Å². The molecule has 3 nitrogen and oxygen atoms in total. The summed E-state index contributed by atoms with van der Waals surface area (Å²) in [6.07, 6.45) is 6.52. The molecule has 4 heteroatoms. The van der Waals surface area contributed by atoms with Crippen molar-refractivity contribution < 1.29 is 0 Å². The largest absolute Gasteiger partial charge is 0.329 e. The molecule has 0 bridgehead atoms. The van der Waals surface area contributed by atoms with Crippen LogP contribution in [0.4, 0.5) is 0 Å². The zero-order valence-corrected chi connectivity index (χ0v) is 13.9. The van der Waals surface area contributed by atoms with E-state index >= 15 is 0 Å². The molecule has 21 heavy (non-hydrogen) atoms. The lowest BCUT2D eigenvalue weighted by Crippen LogP contribution is -2.62. The van der Waals surface area contributed by atoms with E-state index in [2.05, 4.69) is 28.2 Å². The number of hydrogen-bond acceptors (Lipinski definition) is 4. The molecule has 116 valence electrons. The number of nitrogens with two attached hydrogens (primary N) is 1. The standard InChI is InChI=1S/C17H27N3S/c1-13-15-5-10-21-16(15)4-8-20(13)17(12-18)6-9-19-7-2-3-14(19)11-17/h5,10,13-14H,2-4,6-9,11-12,18H2,1H3. The first-order valence-electron chi connectivity index (χ1n) is 8.51. The lowest BCUT2D eigenvalue weighted by molar-refractivity contribution is -0.0170. The summed E-state index contributed by atoms with van der Waals surface area (Å²) in [5.41, 5.74) is 8.16. The van der Waals surface area contributed by atoms with Gasteiger partial charge in [-0.25, -0.2) is 0 Å².